The van der Waals surface area contributed by atoms with Crippen LogP contribution in [-0.4, -0.2) is 23.8 Å². The maximum absolute atomic E-state index is 5.43. The van der Waals surface area contributed by atoms with Gasteiger partial charge in [-0.2, -0.15) is 4.98 Å². The Bertz CT molecular complexity index is 513. The van der Waals surface area contributed by atoms with E-state index in [1.807, 2.05) is 18.2 Å². The van der Waals surface area contributed by atoms with Crippen molar-refractivity contribution in [2.75, 3.05) is 13.7 Å². The van der Waals surface area contributed by atoms with Crippen molar-refractivity contribution in [1.82, 2.24) is 10.1 Å². The smallest absolute Gasteiger partial charge is 0.261 e. The Balaban J connectivity index is 2.37. The molecular weight excluding hydrogens is 286 g/mol. The van der Waals surface area contributed by atoms with Crippen LogP contribution in [0.2, 0.25) is 0 Å². The fourth-order valence-electron chi connectivity index (χ4n) is 1.44. The van der Waals surface area contributed by atoms with Gasteiger partial charge in [-0.25, -0.2) is 0 Å². The highest BCUT2D eigenvalue weighted by atomic mass is 79.9. The number of ether oxygens (including phenoxy) is 1. The van der Waals surface area contributed by atoms with Crippen LogP contribution in [0.5, 0.6) is 5.75 Å². The lowest BCUT2D eigenvalue weighted by atomic mass is 10.2. The van der Waals surface area contributed by atoms with Crippen LogP contribution in [0, 0.1) is 0 Å². The second kappa shape index (κ2) is 5.29. The van der Waals surface area contributed by atoms with Crippen molar-refractivity contribution in [1.29, 1.82) is 0 Å². The van der Waals surface area contributed by atoms with E-state index in [2.05, 4.69) is 26.1 Å². The summed E-state index contributed by atoms with van der Waals surface area (Å²) in [6.45, 7) is 0.496. The molecule has 0 saturated carbocycles. The second-order valence-corrected chi connectivity index (χ2v) is 4.31. The van der Waals surface area contributed by atoms with Crippen molar-refractivity contribution in [3.8, 4) is 17.2 Å². The molecule has 2 aromatic rings. The molecule has 90 valence electrons. The molecule has 0 atom stereocenters. The van der Waals surface area contributed by atoms with Gasteiger partial charge in [0.05, 0.1) is 12.7 Å². The lowest BCUT2D eigenvalue weighted by Gasteiger charge is -2.04. The molecule has 0 radical (unpaired) electrons. The molecule has 1 heterocycles. The third kappa shape index (κ3) is 2.65. The Labute approximate surface area is 107 Å². The Morgan fingerprint density at radius 1 is 1.47 bits per heavy atom. The van der Waals surface area contributed by atoms with Gasteiger partial charge in [0.15, 0.2) is 5.82 Å². The number of rotatable bonds is 4. The Kier molecular flexibility index (Phi) is 3.75. The molecule has 0 aliphatic rings. The van der Waals surface area contributed by atoms with E-state index in [0.717, 1.165) is 10.0 Å². The van der Waals surface area contributed by atoms with Gasteiger partial charge < -0.3 is 15.0 Å². The number of benzene rings is 1. The van der Waals surface area contributed by atoms with Crippen molar-refractivity contribution in [3.05, 3.63) is 28.5 Å². The molecule has 0 fully saturated rings. The lowest BCUT2D eigenvalue weighted by molar-refractivity contribution is 0.402. The summed E-state index contributed by atoms with van der Waals surface area (Å²) in [6, 6.07) is 5.61. The molecule has 5 nitrogen and oxygen atoms in total. The molecule has 1 aromatic heterocycles. The van der Waals surface area contributed by atoms with Gasteiger partial charge in [0.1, 0.15) is 5.75 Å². The number of halogens is 1. The molecule has 0 saturated heterocycles. The molecule has 1 aromatic carbocycles. The summed E-state index contributed by atoms with van der Waals surface area (Å²) in [7, 11) is 1.60. The zero-order valence-electron chi connectivity index (χ0n) is 9.31. The number of nitrogens with zero attached hydrogens (tertiary/aromatic N) is 2. The average Bonchev–Trinajstić information content (AvgIpc) is 2.78. The summed E-state index contributed by atoms with van der Waals surface area (Å²) in [5.74, 6) is 1.73. The topological polar surface area (TPSA) is 74.2 Å². The van der Waals surface area contributed by atoms with E-state index in [4.69, 9.17) is 15.0 Å². The second-order valence-electron chi connectivity index (χ2n) is 3.40. The molecule has 6 heteroatoms. The first-order valence-electron chi connectivity index (χ1n) is 5.11. The molecule has 17 heavy (non-hydrogen) atoms. The van der Waals surface area contributed by atoms with E-state index in [0.29, 0.717) is 30.4 Å². The summed E-state index contributed by atoms with van der Waals surface area (Å²) in [6.07, 6.45) is 0.600. The van der Waals surface area contributed by atoms with Crippen LogP contribution in [0.4, 0.5) is 0 Å². The van der Waals surface area contributed by atoms with Crippen LogP contribution < -0.4 is 10.5 Å². The largest absolute Gasteiger partial charge is 0.496 e. The molecule has 0 unspecified atom stereocenters. The van der Waals surface area contributed by atoms with E-state index in [1.54, 1.807) is 7.11 Å². The highest BCUT2D eigenvalue weighted by Crippen LogP contribution is 2.31. The van der Waals surface area contributed by atoms with Crippen LogP contribution in [0.3, 0.4) is 0 Å². The van der Waals surface area contributed by atoms with Crippen LogP contribution in [0.1, 0.15) is 5.82 Å². The maximum atomic E-state index is 5.43. The molecule has 2 N–H and O–H groups in total. The minimum absolute atomic E-state index is 0.442. The molecular formula is C11H12BrN3O2. The van der Waals surface area contributed by atoms with Gasteiger partial charge in [-0.3, -0.25) is 0 Å². The van der Waals surface area contributed by atoms with E-state index in [-0.39, 0.29) is 0 Å². The predicted molar refractivity (Wildman–Crippen MR) is 66.7 cm³/mol. The number of hydrogen-bond donors (Lipinski definition) is 1. The van der Waals surface area contributed by atoms with E-state index in [1.165, 1.54) is 0 Å². The maximum Gasteiger partial charge on any atom is 0.261 e. The average molecular weight is 298 g/mol. The van der Waals surface area contributed by atoms with Crippen LogP contribution >= 0.6 is 15.9 Å². The zero-order valence-corrected chi connectivity index (χ0v) is 10.9. The Hall–Kier alpha value is -1.40. The normalized spacial score (nSPS) is 10.5. The summed E-state index contributed by atoms with van der Waals surface area (Å²) in [4.78, 5) is 4.26. The van der Waals surface area contributed by atoms with Crippen molar-refractivity contribution in [2.45, 2.75) is 6.42 Å². The molecule has 0 aliphatic carbocycles. The summed E-state index contributed by atoms with van der Waals surface area (Å²) in [5, 5.41) is 3.85. The third-order valence-corrected chi connectivity index (χ3v) is 2.72. The first-order valence-corrected chi connectivity index (χ1v) is 5.90. The minimum atomic E-state index is 0.442. The molecule has 0 bridgehead atoms. The number of hydrogen-bond acceptors (Lipinski definition) is 5. The first kappa shape index (κ1) is 12.1. The Morgan fingerprint density at radius 2 is 2.29 bits per heavy atom. The summed E-state index contributed by atoms with van der Waals surface area (Å²) in [5.41, 5.74) is 6.20. The Morgan fingerprint density at radius 3 is 3.00 bits per heavy atom. The van der Waals surface area contributed by atoms with Crippen LogP contribution in [0.15, 0.2) is 27.2 Å². The quantitative estimate of drug-likeness (QED) is 0.934. The van der Waals surface area contributed by atoms with Crippen LogP contribution in [0.25, 0.3) is 11.5 Å². The van der Waals surface area contributed by atoms with Gasteiger partial charge in [0.2, 0.25) is 0 Å². The number of nitrogens with two attached hydrogens (primary N) is 1. The van der Waals surface area contributed by atoms with E-state index < -0.39 is 0 Å². The lowest BCUT2D eigenvalue weighted by Crippen LogP contribution is -2.03. The highest BCUT2D eigenvalue weighted by molar-refractivity contribution is 9.10. The third-order valence-electron chi connectivity index (χ3n) is 2.23. The highest BCUT2D eigenvalue weighted by Gasteiger charge is 2.13. The fourth-order valence-corrected chi connectivity index (χ4v) is 1.78. The fraction of sp³-hybridized carbons (Fsp3) is 0.273. The van der Waals surface area contributed by atoms with Gasteiger partial charge in [-0.05, 0) is 24.7 Å². The van der Waals surface area contributed by atoms with Crippen molar-refractivity contribution in [3.63, 3.8) is 0 Å². The predicted octanol–water partition coefficient (Wildman–Crippen LogP) is 2.01. The summed E-state index contributed by atoms with van der Waals surface area (Å²) < 4.78 is 11.4. The summed E-state index contributed by atoms with van der Waals surface area (Å²) >= 11 is 3.38. The van der Waals surface area contributed by atoms with E-state index >= 15 is 0 Å². The van der Waals surface area contributed by atoms with Gasteiger partial charge in [0.25, 0.3) is 5.89 Å². The van der Waals surface area contributed by atoms with Crippen LogP contribution in [-0.2, 0) is 6.42 Å². The molecule has 0 aliphatic heterocycles. The molecule has 2 rings (SSSR count). The SMILES string of the molecule is COc1cc(Br)ccc1-c1nc(CCN)no1. The zero-order chi connectivity index (χ0) is 12.3. The van der Waals surface area contributed by atoms with Crippen molar-refractivity contribution < 1.29 is 9.26 Å². The molecule has 0 amide bonds. The van der Waals surface area contributed by atoms with E-state index in [9.17, 15) is 0 Å². The van der Waals surface area contributed by atoms with Gasteiger partial charge in [-0.15, -0.1) is 0 Å². The van der Waals surface area contributed by atoms with Crippen molar-refractivity contribution in [2.24, 2.45) is 5.73 Å². The molecule has 0 spiro atoms. The first-order chi connectivity index (χ1) is 8.24. The van der Waals surface area contributed by atoms with Gasteiger partial charge in [0, 0.05) is 10.9 Å². The number of aromatic nitrogens is 2. The number of methoxy groups -OCH3 is 1. The standard InChI is InChI=1S/C11H12BrN3O2/c1-16-9-6-7(12)2-3-8(9)11-14-10(4-5-13)15-17-11/h2-3,6H,4-5,13H2,1H3. The van der Waals surface area contributed by atoms with Gasteiger partial charge in [-0.1, -0.05) is 21.1 Å². The monoisotopic (exact) mass is 297 g/mol. The van der Waals surface area contributed by atoms with Gasteiger partial charge >= 0.3 is 0 Å². The minimum Gasteiger partial charge on any atom is -0.496 e. The van der Waals surface area contributed by atoms with Crippen molar-refractivity contribution >= 4 is 15.9 Å².